The molecule has 9 heteroatoms. The van der Waals surface area contributed by atoms with E-state index in [9.17, 15) is 14.3 Å². The third-order valence-electron chi connectivity index (χ3n) is 1.19. The van der Waals surface area contributed by atoms with Gasteiger partial charge in [-0.1, -0.05) is 0 Å². The van der Waals surface area contributed by atoms with E-state index in [1.807, 2.05) is 4.95 Å². The van der Waals surface area contributed by atoms with Crippen molar-refractivity contribution in [2.45, 2.75) is 6.04 Å². The van der Waals surface area contributed by atoms with Gasteiger partial charge in [-0.15, -0.1) is 4.91 Å². The van der Waals surface area contributed by atoms with Crippen molar-refractivity contribution in [3.8, 4) is 0 Å². The van der Waals surface area contributed by atoms with Crippen LogP contribution >= 0.6 is 7.67 Å². The Morgan fingerprint density at radius 1 is 1.85 bits per heavy atom. The van der Waals surface area contributed by atoms with E-state index < -0.39 is 26.3 Å². The molecule has 0 aliphatic rings. The second-order valence-corrected chi connectivity index (χ2v) is 3.67. The van der Waals surface area contributed by atoms with Crippen LogP contribution in [0.2, 0.25) is 0 Å². The molecule has 0 aromatic rings. The van der Waals surface area contributed by atoms with Gasteiger partial charge in [0.2, 0.25) is 0 Å². The number of rotatable bonds is 6. The molecule has 0 aromatic carbocycles. The first-order valence-electron chi connectivity index (χ1n) is 3.21. The number of nitrogens with one attached hydrogen (secondary N) is 1. The van der Waals surface area contributed by atoms with Crippen LogP contribution in [0.25, 0.3) is 0 Å². The second-order valence-electron chi connectivity index (χ2n) is 2.12. The highest BCUT2D eigenvalue weighted by Gasteiger charge is 2.22. The van der Waals surface area contributed by atoms with Crippen molar-refractivity contribution in [2.24, 2.45) is 10.5 Å². The molecule has 0 radical (unpaired) electrons. The standard InChI is InChI=1S/C4H10N3O5P/c1-6-3(4(8)9)2-12-13(5,11)7-10/h3,6H,2H2,1H3,(H2,5,11)(H,8,9). The molecule has 0 saturated heterocycles. The molecular formula is C4H10N3O5P. The van der Waals surface area contributed by atoms with Gasteiger partial charge in [0.05, 0.1) is 6.61 Å². The largest absolute Gasteiger partial charge is 0.480 e. The fourth-order valence-electron chi connectivity index (χ4n) is 0.483. The molecule has 4 N–H and O–H groups in total. The Morgan fingerprint density at radius 2 is 2.38 bits per heavy atom. The van der Waals surface area contributed by atoms with E-state index in [4.69, 9.17) is 10.6 Å². The summed E-state index contributed by atoms with van der Waals surface area (Å²) in [6, 6.07) is -1.07. The average Bonchev–Trinajstić information content (AvgIpc) is 2.05. The summed E-state index contributed by atoms with van der Waals surface area (Å²) in [5.41, 5.74) is 4.75. The third-order valence-corrected chi connectivity index (χ3v) is 1.93. The maximum atomic E-state index is 10.7. The second kappa shape index (κ2) is 5.03. The SMILES string of the molecule is CNC(COP(N)(=O)N=O)C(=O)O. The number of carboxylic acid groups (broad SMARTS) is 1. The molecule has 0 amide bonds. The van der Waals surface area contributed by atoms with E-state index in [0.29, 0.717) is 0 Å². The topological polar surface area (TPSA) is 131 Å². The molecule has 2 atom stereocenters. The Bertz CT molecular complexity index is 244. The number of nitroso groups, excluding NO2 is 1. The summed E-state index contributed by atoms with van der Waals surface area (Å²) in [6.07, 6.45) is 0. The quantitative estimate of drug-likeness (QED) is 0.399. The Kier molecular flexibility index (Phi) is 4.71. The van der Waals surface area contributed by atoms with Crippen LogP contribution in [-0.4, -0.2) is 30.8 Å². The highest BCUT2D eigenvalue weighted by Crippen LogP contribution is 2.38. The number of nitrogens with two attached hydrogens (primary N) is 1. The molecule has 0 spiro atoms. The summed E-state index contributed by atoms with van der Waals surface area (Å²) in [4.78, 5) is 22.1. The van der Waals surface area contributed by atoms with E-state index in [-0.39, 0.29) is 0 Å². The van der Waals surface area contributed by atoms with E-state index >= 15 is 0 Å². The minimum Gasteiger partial charge on any atom is -0.480 e. The first-order valence-corrected chi connectivity index (χ1v) is 4.85. The van der Waals surface area contributed by atoms with Crippen molar-refractivity contribution >= 4 is 13.6 Å². The van der Waals surface area contributed by atoms with E-state index in [0.717, 1.165) is 0 Å². The van der Waals surface area contributed by atoms with Crippen LogP contribution < -0.4 is 10.8 Å². The van der Waals surface area contributed by atoms with Gasteiger partial charge in [-0.2, -0.15) is 0 Å². The summed E-state index contributed by atoms with van der Waals surface area (Å²) in [7, 11) is -2.64. The highest BCUT2D eigenvalue weighted by molar-refractivity contribution is 7.54. The smallest absolute Gasteiger partial charge is 0.421 e. The van der Waals surface area contributed by atoms with Crippen LogP contribution in [0.1, 0.15) is 0 Å². The van der Waals surface area contributed by atoms with Gasteiger partial charge in [-0.3, -0.25) is 9.32 Å². The van der Waals surface area contributed by atoms with Crippen molar-refractivity contribution in [3.63, 3.8) is 0 Å². The predicted octanol–water partition coefficient (Wildman–Crippen LogP) is -0.491. The third kappa shape index (κ3) is 4.69. The summed E-state index contributed by atoms with van der Waals surface area (Å²) in [6.45, 7) is -0.481. The molecule has 0 aromatic heterocycles. The predicted molar refractivity (Wildman–Crippen MR) is 44.0 cm³/mol. The van der Waals surface area contributed by atoms with Gasteiger partial charge in [0.15, 0.2) is 0 Å². The average molecular weight is 211 g/mol. The van der Waals surface area contributed by atoms with E-state index in [2.05, 4.69) is 9.84 Å². The van der Waals surface area contributed by atoms with Gasteiger partial charge in [-0.25, -0.2) is 10.1 Å². The van der Waals surface area contributed by atoms with Crippen molar-refractivity contribution in [1.82, 2.24) is 5.32 Å². The summed E-state index contributed by atoms with van der Waals surface area (Å²) in [5.74, 6) is -1.20. The molecular weight excluding hydrogens is 201 g/mol. The summed E-state index contributed by atoms with van der Waals surface area (Å²) < 4.78 is 15.0. The van der Waals surface area contributed by atoms with Crippen LogP contribution in [0.5, 0.6) is 0 Å². The number of carboxylic acids is 1. The lowest BCUT2D eigenvalue weighted by Gasteiger charge is -2.11. The first-order chi connectivity index (χ1) is 5.93. The molecule has 13 heavy (non-hydrogen) atoms. The maximum absolute atomic E-state index is 10.7. The molecule has 0 heterocycles. The van der Waals surface area contributed by atoms with Gasteiger partial charge in [0.25, 0.3) is 0 Å². The van der Waals surface area contributed by atoms with Crippen molar-refractivity contribution in [1.29, 1.82) is 0 Å². The Hall–Kier alpha value is -0.820. The number of likely N-dealkylation sites (N-methyl/N-ethyl adjacent to an activating group) is 1. The van der Waals surface area contributed by atoms with Crippen LogP contribution in [0.3, 0.4) is 0 Å². The molecule has 0 aliphatic heterocycles. The molecule has 8 nitrogen and oxygen atoms in total. The normalized spacial score (nSPS) is 17.4. The molecule has 0 fully saturated rings. The van der Waals surface area contributed by atoms with Gasteiger partial charge in [0, 0.05) is 4.95 Å². The van der Waals surface area contributed by atoms with Gasteiger partial charge >= 0.3 is 13.6 Å². The Labute approximate surface area is 74.0 Å². The molecule has 76 valence electrons. The molecule has 0 bridgehead atoms. The number of nitrogens with zero attached hydrogens (tertiary/aromatic N) is 1. The lowest BCUT2D eigenvalue weighted by molar-refractivity contribution is -0.140. The van der Waals surface area contributed by atoms with Crippen molar-refractivity contribution in [2.75, 3.05) is 13.7 Å². The fourth-order valence-corrected chi connectivity index (χ4v) is 0.893. The van der Waals surface area contributed by atoms with Gasteiger partial charge < -0.3 is 10.4 Å². The zero-order valence-electron chi connectivity index (χ0n) is 6.84. The monoisotopic (exact) mass is 211 g/mol. The van der Waals surface area contributed by atoms with Gasteiger partial charge in [0.1, 0.15) is 6.04 Å². The number of carbonyl (C=O) groups is 1. The maximum Gasteiger partial charge on any atom is 0.421 e. The first kappa shape index (κ1) is 12.2. The zero-order valence-corrected chi connectivity index (χ0v) is 7.73. The number of aliphatic carboxylic acids is 1. The summed E-state index contributed by atoms with van der Waals surface area (Å²) >= 11 is 0. The molecule has 0 aliphatic carbocycles. The minimum absolute atomic E-state index is 0.481. The fraction of sp³-hybridized carbons (Fsp3) is 0.750. The van der Waals surface area contributed by atoms with Crippen LogP contribution in [0.4, 0.5) is 0 Å². The summed E-state index contributed by atoms with van der Waals surface area (Å²) in [5, 5.41) is 10.8. The zero-order chi connectivity index (χ0) is 10.5. The minimum atomic E-state index is -4.01. The van der Waals surface area contributed by atoms with E-state index in [1.165, 1.54) is 7.05 Å². The Balaban J connectivity index is 4.07. The van der Waals surface area contributed by atoms with Crippen molar-refractivity contribution < 1.29 is 19.0 Å². The van der Waals surface area contributed by atoms with Gasteiger partial charge in [-0.05, 0) is 7.05 Å². The highest BCUT2D eigenvalue weighted by atomic mass is 31.2. The Morgan fingerprint density at radius 3 is 2.69 bits per heavy atom. The lowest BCUT2D eigenvalue weighted by Crippen LogP contribution is -2.37. The molecule has 0 rings (SSSR count). The molecule has 2 unspecified atom stereocenters. The number of hydrogen-bond donors (Lipinski definition) is 3. The lowest BCUT2D eigenvalue weighted by atomic mass is 10.3. The number of hydrogen-bond acceptors (Lipinski definition) is 5. The van der Waals surface area contributed by atoms with Crippen LogP contribution in [0.15, 0.2) is 4.95 Å². The van der Waals surface area contributed by atoms with E-state index in [1.54, 1.807) is 0 Å². The van der Waals surface area contributed by atoms with Crippen LogP contribution in [-0.2, 0) is 13.9 Å². The van der Waals surface area contributed by atoms with Crippen molar-refractivity contribution in [3.05, 3.63) is 4.91 Å². The molecule has 0 saturated carbocycles. The van der Waals surface area contributed by atoms with Crippen LogP contribution in [0, 0.1) is 4.91 Å².